The highest BCUT2D eigenvalue weighted by Gasteiger charge is 2.34. The summed E-state index contributed by atoms with van der Waals surface area (Å²) in [4.78, 5) is 0. The highest BCUT2D eigenvalue weighted by Crippen LogP contribution is 2.48. The van der Waals surface area contributed by atoms with E-state index in [-0.39, 0.29) is 6.54 Å². The Hall–Kier alpha value is 0.360. The molecule has 0 aromatic heterocycles. The molecule has 1 fully saturated rings. The molecule has 0 amide bonds. The van der Waals surface area contributed by atoms with Crippen molar-refractivity contribution in [2.24, 2.45) is 0 Å². The monoisotopic (exact) mass is 256 g/mol. The van der Waals surface area contributed by atoms with Gasteiger partial charge in [-0.15, -0.1) is 11.6 Å². The van der Waals surface area contributed by atoms with Crippen LogP contribution in [0.3, 0.4) is 0 Å². The second kappa shape index (κ2) is 6.18. The number of aliphatic hydroxyl groups is 1. The van der Waals surface area contributed by atoms with Crippen LogP contribution in [-0.4, -0.2) is 48.0 Å². The number of alkyl halides is 1. The predicted octanol–water partition coefficient (Wildman–Crippen LogP) is 1.03. The van der Waals surface area contributed by atoms with Crippen LogP contribution in [-0.2, 0) is 9.09 Å². The van der Waals surface area contributed by atoms with Crippen molar-refractivity contribution in [1.82, 2.24) is 9.76 Å². The zero-order valence-corrected chi connectivity index (χ0v) is 10.5. The second-order valence-electron chi connectivity index (χ2n) is 3.56. The number of hydrogen-bond acceptors (Lipinski definition) is 3. The summed E-state index contributed by atoms with van der Waals surface area (Å²) in [7, 11) is -2.96. The topological polar surface area (TPSA) is 61.8 Å². The molecule has 0 bridgehead atoms. The van der Waals surface area contributed by atoms with Crippen LogP contribution in [0.4, 0.5) is 0 Å². The average molecular weight is 257 g/mol. The fraction of sp³-hybridized carbons (Fsp3) is 1.00. The van der Waals surface area contributed by atoms with Crippen LogP contribution in [0.25, 0.3) is 0 Å². The van der Waals surface area contributed by atoms with Gasteiger partial charge in [0.2, 0.25) is 0 Å². The molecular weight excluding hydrogens is 239 g/mol. The molecule has 0 saturated carbocycles. The fourth-order valence-corrected chi connectivity index (χ4v) is 3.80. The molecule has 0 aliphatic carbocycles. The van der Waals surface area contributed by atoms with E-state index in [1.165, 1.54) is 0 Å². The third-order valence-corrected chi connectivity index (χ3v) is 4.56. The first-order valence-electron chi connectivity index (χ1n) is 5.07. The van der Waals surface area contributed by atoms with Crippen LogP contribution in [0.2, 0.25) is 0 Å². The lowest BCUT2D eigenvalue weighted by Gasteiger charge is -2.34. The molecule has 7 heteroatoms. The normalized spacial score (nSPS) is 30.3. The number of rotatable bonds is 5. The van der Waals surface area contributed by atoms with Gasteiger partial charge in [0, 0.05) is 25.5 Å². The summed E-state index contributed by atoms with van der Waals surface area (Å²) in [6.45, 7) is 3.64. The molecule has 2 unspecified atom stereocenters. The Morgan fingerprint density at radius 2 is 2.47 bits per heavy atom. The lowest BCUT2D eigenvalue weighted by Crippen LogP contribution is -2.37. The van der Waals surface area contributed by atoms with E-state index in [9.17, 15) is 4.57 Å². The van der Waals surface area contributed by atoms with E-state index in [1.807, 2.05) is 0 Å². The molecule has 0 aromatic carbocycles. The molecular formula is C8H18ClN2O3P. The molecule has 15 heavy (non-hydrogen) atoms. The minimum absolute atomic E-state index is 0.260. The van der Waals surface area contributed by atoms with Crippen molar-refractivity contribution in [3.8, 4) is 0 Å². The summed E-state index contributed by atoms with van der Waals surface area (Å²) in [6, 6.07) is 0. The minimum Gasteiger partial charge on any atom is -0.392 e. The number of hydrogen-bond donors (Lipinski definition) is 2. The highest BCUT2D eigenvalue weighted by molar-refractivity contribution is 7.54. The summed E-state index contributed by atoms with van der Waals surface area (Å²) < 4.78 is 19.3. The van der Waals surface area contributed by atoms with Gasteiger partial charge in [-0.2, -0.15) is 0 Å². The van der Waals surface area contributed by atoms with Crippen molar-refractivity contribution >= 4 is 19.3 Å². The van der Waals surface area contributed by atoms with Crippen LogP contribution >= 0.6 is 19.3 Å². The molecule has 1 heterocycles. The Morgan fingerprint density at radius 3 is 3.07 bits per heavy atom. The van der Waals surface area contributed by atoms with Crippen LogP contribution in [0.5, 0.6) is 0 Å². The summed E-state index contributed by atoms with van der Waals surface area (Å²) in [6.07, 6.45) is 0.316. The molecule has 1 rings (SSSR count). The Morgan fingerprint density at radius 1 is 1.73 bits per heavy atom. The lowest BCUT2D eigenvalue weighted by molar-refractivity contribution is 0.177. The van der Waals surface area contributed by atoms with E-state index in [0.29, 0.717) is 19.0 Å². The van der Waals surface area contributed by atoms with E-state index in [2.05, 4.69) is 5.09 Å². The number of nitrogens with one attached hydrogen (secondary N) is 1. The van der Waals surface area contributed by atoms with Gasteiger partial charge in [-0.25, -0.2) is 9.76 Å². The maximum atomic E-state index is 12.3. The fourth-order valence-electron chi connectivity index (χ4n) is 1.38. The van der Waals surface area contributed by atoms with Gasteiger partial charge < -0.3 is 9.63 Å². The Labute approximate surface area is 95.3 Å². The Kier molecular flexibility index (Phi) is 5.53. The van der Waals surface area contributed by atoms with Crippen LogP contribution < -0.4 is 5.09 Å². The second-order valence-corrected chi connectivity index (χ2v) is 6.12. The largest absolute Gasteiger partial charge is 0.392 e. The maximum Gasteiger partial charge on any atom is 0.343 e. The van der Waals surface area contributed by atoms with Gasteiger partial charge in [-0.05, 0) is 13.3 Å². The van der Waals surface area contributed by atoms with E-state index in [4.69, 9.17) is 21.2 Å². The van der Waals surface area contributed by atoms with Gasteiger partial charge >= 0.3 is 7.67 Å². The smallest absolute Gasteiger partial charge is 0.343 e. The van der Waals surface area contributed by atoms with Gasteiger partial charge in [0.25, 0.3) is 0 Å². The van der Waals surface area contributed by atoms with Crippen molar-refractivity contribution in [3.05, 3.63) is 0 Å². The summed E-state index contributed by atoms with van der Waals surface area (Å²) in [5, 5.41) is 11.9. The minimum atomic E-state index is -2.96. The van der Waals surface area contributed by atoms with Gasteiger partial charge in [0.1, 0.15) is 0 Å². The number of nitrogens with zero attached hydrogens (tertiary/aromatic N) is 1. The van der Waals surface area contributed by atoms with E-state index >= 15 is 0 Å². The first-order chi connectivity index (χ1) is 7.08. The predicted molar refractivity (Wildman–Crippen MR) is 60.2 cm³/mol. The van der Waals surface area contributed by atoms with Gasteiger partial charge in [0.15, 0.2) is 0 Å². The third kappa shape index (κ3) is 4.02. The highest BCUT2D eigenvalue weighted by atomic mass is 35.5. The van der Waals surface area contributed by atoms with Crippen molar-refractivity contribution in [2.75, 3.05) is 32.1 Å². The first-order valence-corrected chi connectivity index (χ1v) is 7.19. The molecule has 0 aromatic rings. The van der Waals surface area contributed by atoms with Gasteiger partial charge in [0.05, 0.1) is 12.7 Å². The molecule has 0 spiro atoms. The van der Waals surface area contributed by atoms with Crippen LogP contribution in [0.15, 0.2) is 0 Å². The average Bonchev–Trinajstić information content (AvgIpc) is 2.19. The van der Waals surface area contributed by atoms with E-state index < -0.39 is 13.8 Å². The Bertz CT molecular complexity index is 238. The summed E-state index contributed by atoms with van der Waals surface area (Å²) in [5.74, 6) is 0.420. The molecule has 1 saturated heterocycles. The maximum absolute atomic E-state index is 12.3. The SMILES string of the molecule is CC(O)CNP1(=O)OCCCN1CCCl. The standard InChI is InChI=1S/C8H18ClN2O3P/c1-8(12)7-10-15(13)11(5-3-9)4-2-6-14-15/h8,12H,2-7H2,1H3,(H,10,13). The van der Waals surface area contributed by atoms with E-state index in [1.54, 1.807) is 11.6 Å². The molecule has 1 aliphatic rings. The number of halogens is 1. The molecule has 2 atom stereocenters. The molecule has 2 N–H and O–H groups in total. The lowest BCUT2D eigenvalue weighted by atomic mass is 10.4. The molecule has 5 nitrogen and oxygen atoms in total. The van der Waals surface area contributed by atoms with Crippen molar-refractivity contribution in [1.29, 1.82) is 0 Å². The van der Waals surface area contributed by atoms with Crippen molar-refractivity contribution < 1.29 is 14.2 Å². The van der Waals surface area contributed by atoms with Crippen LogP contribution in [0, 0.1) is 0 Å². The first kappa shape index (κ1) is 13.4. The zero-order chi connectivity index (χ0) is 11.3. The summed E-state index contributed by atoms with van der Waals surface area (Å²) in [5.41, 5.74) is 0. The third-order valence-electron chi connectivity index (χ3n) is 2.13. The summed E-state index contributed by atoms with van der Waals surface area (Å²) >= 11 is 5.63. The molecule has 1 aliphatic heterocycles. The van der Waals surface area contributed by atoms with Crippen molar-refractivity contribution in [3.63, 3.8) is 0 Å². The van der Waals surface area contributed by atoms with Gasteiger partial charge in [-0.1, -0.05) is 0 Å². The zero-order valence-electron chi connectivity index (χ0n) is 8.86. The Balaban J connectivity index is 2.55. The van der Waals surface area contributed by atoms with Gasteiger partial charge in [-0.3, -0.25) is 4.57 Å². The molecule has 90 valence electrons. The van der Waals surface area contributed by atoms with E-state index in [0.717, 1.165) is 13.0 Å². The molecule has 0 radical (unpaired) electrons. The van der Waals surface area contributed by atoms with Crippen molar-refractivity contribution in [2.45, 2.75) is 19.4 Å². The van der Waals surface area contributed by atoms with Crippen LogP contribution in [0.1, 0.15) is 13.3 Å². The quantitative estimate of drug-likeness (QED) is 0.568. The number of aliphatic hydroxyl groups excluding tert-OH is 1.